The van der Waals surface area contributed by atoms with Crippen LogP contribution >= 0.6 is 11.3 Å². The summed E-state index contributed by atoms with van der Waals surface area (Å²) in [5.41, 5.74) is 0.240. The maximum atomic E-state index is 13.3. The second-order valence-electron chi connectivity index (χ2n) is 5.41. The molecule has 1 aromatic heterocycles. The van der Waals surface area contributed by atoms with Crippen LogP contribution in [-0.2, 0) is 4.79 Å². The van der Waals surface area contributed by atoms with Gasteiger partial charge in [-0.1, -0.05) is 19.4 Å². The molecule has 0 aliphatic heterocycles. The Balaban J connectivity index is 2.06. The van der Waals surface area contributed by atoms with Gasteiger partial charge in [0, 0.05) is 23.2 Å². The number of hydrogen-bond acceptors (Lipinski definition) is 4. The van der Waals surface area contributed by atoms with E-state index in [0.29, 0.717) is 11.7 Å². The summed E-state index contributed by atoms with van der Waals surface area (Å²) in [4.78, 5) is 31.2. The van der Waals surface area contributed by atoms with E-state index in [9.17, 15) is 14.0 Å². The van der Waals surface area contributed by atoms with Crippen molar-refractivity contribution in [1.29, 1.82) is 0 Å². The minimum absolute atomic E-state index is 0.0893. The molecule has 1 heterocycles. The molecule has 0 bridgehead atoms. The van der Waals surface area contributed by atoms with Crippen LogP contribution in [0.15, 0.2) is 30.5 Å². The van der Waals surface area contributed by atoms with Crippen molar-refractivity contribution >= 4 is 28.3 Å². The zero-order valence-electron chi connectivity index (χ0n) is 13.7. The first-order valence-corrected chi connectivity index (χ1v) is 8.58. The molecule has 2 aromatic rings. The van der Waals surface area contributed by atoms with Gasteiger partial charge in [-0.25, -0.2) is 9.37 Å². The highest BCUT2D eigenvalue weighted by Gasteiger charge is 2.19. The van der Waals surface area contributed by atoms with E-state index in [1.165, 1.54) is 34.4 Å². The zero-order valence-corrected chi connectivity index (χ0v) is 14.5. The smallest absolute Gasteiger partial charge is 0.254 e. The molecule has 7 heteroatoms. The van der Waals surface area contributed by atoms with Crippen LogP contribution in [0.4, 0.5) is 9.52 Å². The molecule has 0 saturated carbocycles. The average molecular weight is 349 g/mol. The van der Waals surface area contributed by atoms with Crippen molar-refractivity contribution in [2.45, 2.75) is 26.7 Å². The van der Waals surface area contributed by atoms with Crippen molar-refractivity contribution in [2.75, 3.05) is 18.4 Å². The number of halogens is 1. The molecule has 0 aliphatic carbocycles. The maximum absolute atomic E-state index is 13.3. The largest absolute Gasteiger partial charge is 0.329 e. The van der Waals surface area contributed by atoms with Crippen LogP contribution < -0.4 is 5.32 Å². The fourth-order valence-electron chi connectivity index (χ4n) is 2.15. The summed E-state index contributed by atoms with van der Waals surface area (Å²) in [6.07, 6.45) is 3.33. The number of hydrogen-bond donors (Lipinski definition) is 1. The van der Waals surface area contributed by atoms with Gasteiger partial charge in [0.25, 0.3) is 5.91 Å². The lowest BCUT2D eigenvalue weighted by Crippen LogP contribution is -2.38. The Hall–Kier alpha value is -2.28. The number of thiazole rings is 1. The van der Waals surface area contributed by atoms with Gasteiger partial charge >= 0.3 is 0 Å². The normalized spacial score (nSPS) is 10.5. The highest BCUT2D eigenvalue weighted by Crippen LogP contribution is 2.16. The van der Waals surface area contributed by atoms with Crippen LogP contribution in [0.5, 0.6) is 0 Å². The van der Waals surface area contributed by atoms with Gasteiger partial charge in [-0.05, 0) is 31.5 Å². The minimum atomic E-state index is -0.473. The number of carbonyl (C=O) groups is 2. The molecular formula is C17H20FN3O2S. The molecule has 0 radical (unpaired) electrons. The van der Waals surface area contributed by atoms with Gasteiger partial charge < -0.3 is 10.2 Å². The lowest BCUT2D eigenvalue weighted by atomic mass is 10.2. The van der Waals surface area contributed by atoms with Crippen molar-refractivity contribution in [1.82, 2.24) is 9.88 Å². The SMILES string of the molecule is CCCCN(CC(=O)Nc1ncc(C)s1)C(=O)c1cccc(F)c1. The molecule has 0 aliphatic rings. The number of unbranched alkanes of at least 4 members (excludes halogenated alkanes) is 1. The molecule has 128 valence electrons. The highest BCUT2D eigenvalue weighted by molar-refractivity contribution is 7.15. The molecule has 0 fully saturated rings. The first kappa shape index (κ1) is 18.1. The first-order valence-electron chi connectivity index (χ1n) is 7.76. The minimum Gasteiger partial charge on any atom is -0.329 e. The summed E-state index contributed by atoms with van der Waals surface area (Å²) in [5, 5.41) is 3.19. The standard InChI is InChI=1S/C17H20FN3O2S/c1-3-4-8-21(16(23)13-6-5-7-14(18)9-13)11-15(22)20-17-19-10-12(2)24-17/h5-7,9-10H,3-4,8,11H2,1-2H3,(H,19,20,22). The zero-order chi connectivity index (χ0) is 17.5. The van der Waals surface area contributed by atoms with Crippen molar-refractivity contribution in [3.05, 3.63) is 46.7 Å². The van der Waals surface area contributed by atoms with Crippen LogP contribution in [0, 0.1) is 12.7 Å². The summed E-state index contributed by atoms with van der Waals surface area (Å²) in [6.45, 7) is 4.25. The molecule has 2 amide bonds. The summed E-state index contributed by atoms with van der Waals surface area (Å²) < 4.78 is 13.3. The highest BCUT2D eigenvalue weighted by atomic mass is 32.1. The van der Waals surface area contributed by atoms with Crippen LogP contribution in [-0.4, -0.2) is 34.8 Å². The average Bonchev–Trinajstić information content (AvgIpc) is 2.95. The molecule has 0 saturated heterocycles. The number of aromatic nitrogens is 1. The molecule has 5 nitrogen and oxygen atoms in total. The molecule has 2 rings (SSSR count). The summed E-state index contributed by atoms with van der Waals surface area (Å²) in [7, 11) is 0. The number of amides is 2. The van der Waals surface area contributed by atoms with Gasteiger partial charge in [-0.3, -0.25) is 9.59 Å². The fraction of sp³-hybridized carbons (Fsp3) is 0.353. The van der Waals surface area contributed by atoms with Crippen LogP contribution in [0.2, 0.25) is 0 Å². The van der Waals surface area contributed by atoms with Crippen LogP contribution in [0.1, 0.15) is 35.0 Å². The Bertz CT molecular complexity index is 717. The van der Waals surface area contributed by atoms with E-state index < -0.39 is 5.82 Å². The number of carbonyl (C=O) groups excluding carboxylic acids is 2. The summed E-state index contributed by atoms with van der Waals surface area (Å²) in [5.74, 6) is -1.14. The van der Waals surface area contributed by atoms with E-state index >= 15 is 0 Å². The number of nitrogens with zero attached hydrogens (tertiary/aromatic N) is 2. The molecule has 1 N–H and O–H groups in total. The van der Waals surface area contributed by atoms with Gasteiger partial charge in [-0.15, -0.1) is 11.3 Å². The number of rotatable bonds is 7. The Labute approximate surface area is 144 Å². The molecule has 1 aromatic carbocycles. The van der Waals surface area contributed by atoms with Crippen molar-refractivity contribution in [3.8, 4) is 0 Å². The van der Waals surface area contributed by atoms with Gasteiger partial charge in [0.15, 0.2) is 5.13 Å². The van der Waals surface area contributed by atoms with Gasteiger partial charge in [0.1, 0.15) is 12.4 Å². The first-order chi connectivity index (χ1) is 11.5. The summed E-state index contributed by atoms with van der Waals surface area (Å²) >= 11 is 1.37. The maximum Gasteiger partial charge on any atom is 0.254 e. The van der Waals surface area contributed by atoms with E-state index in [4.69, 9.17) is 0 Å². The third-order valence-corrected chi connectivity index (χ3v) is 4.17. The van der Waals surface area contributed by atoms with Crippen LogP contribution in [0.3, 0.4) is 0 Å². The quantitative estimate of drug-likeness (QED) is 0.832. The van der Waals surface area contributed by atoms with E-state index in [2.05, 4.69) is 10.3 Å². The fourth-order valence-corrected chi connectivity index (χ4v) is 2.83. The van der Waals surface area contributed by atoms with E-state index in [1.54, 1.807) is 12.3 Å². The Morgan fingerprint density at radius 3 is 2.79 bits per heavy atom. The Morgan fingerprint density at radius 2 is 2.17 bits per heavy atom. The van der Waals surface area contributed by atoms with Crippen molar-refractivity contribution in [2.24, 2.45) is 0 Å². The molecule has 0 spiro atoms. The van der Waals surface area contributed by atoms with Gasteiger partial charge in [0.2, 0.25) is 5.91 Å². The van der Waals surface area contributed by atoms with Gasteiger partial charge in [0.05, 0.1) is 0 Å². The third-order valence-electron chi connectivity index (χ3n) is 3.34. The molecule has 0 unspecified atom stereocenters. The number of benzene rings is 1. The number of nitrogens with one attached hydrogen (secondary N) is 1. The molecular weight excluding hydrogens is 329 g/mol. The topological polar surface area (TPSA) is 62.3 Å². The number of anilines is 1. The third kappa shape index (κ3) is 5.13. The monoisotopic (exact) mass is 349 g/mol. The number of aryl methyl sites for hydroxylation is 1. The van der Waals surface area contributed by atoms with Crippen LogP contribution in [0.25, 0.3) is 0 Å². The van der Waals surface area contributed by atoms with E-state index in [0.717, 1.165) is 17.7 Å². The predicted molar refractivity (Wildman–Crippen MR) is 92.7 cm³/mol. The second-order valence-corrected chi connectivity index (χ2v) is 6.65. The van der Waals surface area contributed by atoms with Crippen molar-refractivity contribution < 1.29 is 14.0 Å². The summed E-state index contributed by atoms with van der Waals surface area (Å²) in [6, 6.07) is 5.50. The molecule has 0 atom stereocenters. The predicted octanol–water partition coefficient (Wildman–Crippen LogP) is 3.47. The molecule has 24 heavy (non-hydrogen) atoms. The second kappa shape index (κ2) is 8.54. The van der Waals surface area contributed by atoms with Crippen molar-refractivity contribution in [3.63, 3.8) is 0 Å². The Kier molecular flexibility index (Phi) is 6.43. The van der Waals surface area contributed by atoms with Gasteiger partial charge in [-0.2, -0.15) is 0 Å². The lowest BCUT2D eigenvalue weighted by Gasteiger charge is -2.22. The van der Waals surface area contributed by atoms with E-state index in [1.807, 2.05) is 13.8 Å². The lowest BCUT2D eigenvalue weighted by molar-refractivity contribution is -0.116. The van der Waals surface area contributed by atoms with E-state index in [-0.39, 0.29) is 23.9 Å². The Morgan fingerprint density at radius 1 is 1.38 bits per heavy atom.